The van der Waals surface area contributed by atoms with Gasteiger partial charge in [-0.05, 0) is 93.8 Å². The Kier molecular flexibility index (Phi) is 23.4. The highest BCUT2D eigenvalue weighted by molar-refractivity contribution is 5.97. The van der Waals surface area contributed by atoms with E-state index in [2.05, 4.69) is 48.5 Å². The third-order valence-corrected chi connectivity index (χ3v) is 8.30. The Bertz CT molecular complexity index is 1080. The van der Waals surface area contributed by atoms with Gasteiger partial charge in [-0.3, -0.25) is 4.79 Å². The molecule has 2 saturated carbocycles. The van der Waals surface area contributed by atoms with Crippen LogP contribution in [-0.4, -0.2) is 11.9 Å². The highest BCUT2D eigenvalue weighted by Gasteiger charge is 2.36. The van der Waals surface area contributed by atoms with Crippen LogP contribution in [0.2, 0.25) is 0 Å². The minimum atomic E-state index is -0.116. The lowest BCUT2D eigenvalue weighted by molar-refractivity contribution is 0.101. The van der Waals surface area contributed by atoms with E-state index in [1.165, 1.54) is 83.1 Å². The predicted octanol–water partition coefficient (Wildman–Crippen LogP) is 13.9. The number of halogens is 1. The van der Waals surface area contributed by atoms with Gasteiger partial charge in [0.2, 0.25) is 0 Å². The second-order valence-corrected chi connectivity index (χ2v) is 13.6. The van der Waals surface area contributed by atoms with Crippen molar-refractivity contribution >= 4 is 11.9 Å². The van der Waals surface area contributed by atoms with E-state index in [0.717, 1.165) is 34.8 Å². The predicted molar refractivity (Wildman–Crippen MR) is 197 cm³/mol. The van der Waals surface area contributed by atoms with Crippen LogP contribution in [0.1, 0.15) is 173 Å². The minimum absolute atomic E-state index is 0.0887. The van der Waals surface area contributed by atoms with Gasteiger partial charge in [0.25, 0.3) is 0 Å². The molecule has 0 N–H and O–H groups in total. The van der Waals surface area contributed by atoms with Crippen molar-refractivity contribution in [1.82, 2.24) is 0 Å². The van der Waals surface area contributed by atoms with E-state index in [1.807, 2.05) is 50.3 Å². The number of carbonyl (C=O) groups excluding carboxylic acids is 1. The summed E-state index contributed by atoms with van der Waals surface area (Å²) in [5.41, 5.74) is 3.60. The standard InChI is InChI=1S/C18H24O2.C8H9F.C7H16.C6H14.C3H6/c1-5-7-14-12-15(9-10-16(14)13(2)19)20-17-8-6-11-18(17,3)4;1-6-3-4-7(2)8(9)5-6;1-4-6-7(3)5-2;1-3-5-6-4-2;1-2-3-1/h5,7,9-10,12,17H,6,8,11H2,1-4H3;3-5H,1-2H3;7H,4-6H2,1-3H3;3-6H2,1-2H3;1-3H2/b7-5-;;;;. The lowest BCUT2D eigenvalue weighted by Gasteiger charge is -2.27. The van der Waals surface area contributed by atoms with Gasteiger partial charge in [0.05, 0.1) is 0 Å². The van der Waals surface area contributed by atoms with Gasteiger partial charge in [-0.2, -0.15) is 0 Å². The smallest absolute Gasteiger partial charge is 0.160 e. The average molecular weight is 625 g/mol. The number of ether oxygens (including phenoxy) is 1. The van der Waals surface area contributed by atoms with E-state index in [4.69, 9.17) is 4.74 Å². The monoisotopic (exact) mass is 625 g/mol. The third-order valence-electron chi connectivity index (χ3n) is 8.30. The second kappa shape index (κ2) is 24.8. The summed E-state index contributed by atoms with van der Waals surface area (Å²) in [7, 11) is 0. The number of benzene rings is 2. The summed E-state index contributed by atoms with van der Waals surface area (Å²) in [6.07, 6.45) is 21.8. The molecule has 0 bridgehead atoms. The molecule has 2 aromatic carbocycles. The van der Waals surface area contributed by atoms with Crippen molar-refractivity contribution < 1.29 is 13.9 Å². The number of ketones is 1. The van der Waals surface area contributed by atoms with Crippen molar-refractivity contribution in [3.63, 3.8) is 0 Å². The zero-order valence-electron chi connectivity index (χ0n) is 31.2. The average Bonchev–Trinajstić information content (AvgIpc) is 3.85. The van der Waals surface area contributed by atoms with E-state index in [9.17, 15) is 9.18 Å². The van der Waals surface area contributed by atoms with Gasteiger partial charge in [0.15, 0.2) is 5.78 Å². The highest BCUT2D eigenvalue weighted by atomic mass is 19.1. The topological polar surface area (TPSA) is 26.3 Å². The van der Waals surface area contributed by atoms with Crippen LogP contribution in [0.25, 0.3) is 6.08 Å². The summed E-state index contributed by atoms with van der Waals surface area (Å²) in [5.74, 6) is 1.79. The summed E-state index contributed by atoms with van der Waals surface area (Å²) in [6.45, 7) is 23.0. The van der Waals surface area contributed by atoms with Crippen LogP contribution in [0.4, 0.5) is 4.39 Å². The van der Waals surface area contributed by atoms with Crippen LogP contribution in [0.15, 0.2) is 42.5 Å². The van der Waals surface area contributed by atoms with Crippen molar-refractivity contribution in [1.29, 1.82) is 0 Å². The molecule has 2 nitrogen and oxygen atoms in total. The molecule has 45 heavy (non-hydrogen) atoms. The zero-order chi connectivity index (χ0) is 34.3. The number of aryl methyl sites for hydroxylation is 2. The van der Waals surface area contributed by atoms with Crippen molar-refractivity contribution in [2.45, 2.75) is 166 Å². The van der Waals surface area contributed by atoms with E-state index in [-0.39, 0.29) is 23.1 Å². The van der Waals surface area contributed by atoms with Crippen molar-refractivity contribution in [3.8, 4) is 5.75 Å². The summed E-state index contributed by atoms with van der Waals surface area (Å²) in [4.78, 5) is 11.6. The zero-order valence-corrected chi connectivity index (χ0v) is 31.2. The molecule has 0 aliphatic heterocycles. The molecule has 2 aliphatic rings. The largest absolute Gasteiger partial charge is 0.490 e. The molecule has 0 heterocycles. The summed E-state index contributed by atoms with van der Waals surface area (Å²) in [5, 5.41) is 0. The van der Waals surface area contributed by atoms with Gasteiger partial charge in [0, 0.05) is 11.0 Å². The Labute approximate surface area is 278 Å². The summed E-state index contributed by atoms with van der Waals surface area (Å²) < 4.78 is 18.7. The quantitative estimate of drug-likeness (QED) is 0.194. The molecular formula is C42H69FO2. The number of hydrogen-bond acceptors (Lipinski definition) is 2. The van der Waals surface area contributed by atoms with Gasteiger partial charge in [-0.15, -0.1) is 0 Å². The molecule has 3 heteroatoms. The maximum absolute atomic E-state index is 12.6. The molecule has 2 aromatic rings. The maximum Gasteiger partial charge on any atom is 0.160 e. The van der Waals surface area contributed by atoms with Crippen LogP contribution in [-0.2, 0) is 0 Å². The van der Waals surface area contributed by atoms with Crippen molar-refractivity contribution in [2.24, 2.45) is 11.3 Å². The van der Waals surface area contributed by atoms with E-state index in [0.29, 0.717) is 5.56 Å². The number of rotatable bonds is 10. The lowest BCUT2D eigenvalue weighted by atomic mass is 9.89. The first kappa shape index (κ1) is 42.6. The van der Waals surface area contributed by atoms with Crippen LogP contribution in [0, 0.1) is 31.0 Å². The first-order chi connectivity index (χ1) is 21.4. The third kappa shape index (κ3) is 20.3. The fourth-order valence-electron chi connectivity index (χ4n) is 4.82. The number of hydrogen-bond donors (Lipinski definition) is 0. The summed E-state index contributed by atoms with van der Waals surface area (Å²) >= 11 is 0. The van der Waals surface area contributed by atoms with Crippen molar-refractivity contribution in [2.75, 3.05) is 0 Å². The van der Waals surface area contributed by atoms with Gasteiger partial charge < -0.3 is 4.74 Å². The number of Topliss-reactive ketones (excluding diaryl/α,β-unsaturated/α-hetero) is 1. The second-order valence-electron chi connectivity index (χ2n) is 13.6. The lowest BCUT2D eigenvalue weighted by Crippen LogP contribution is -2.28. The van der Waals surface area contributed by atoms with Gasteiger partial charge >= 0.3 is 0 Å². The van der Waals surface area contributed by atoms with Crippen LogP contribution in [0.3, 0.4) is 0 Å². The first-order valence-corrected chi connectivity index (χ1v) is 18.0. The van der Waals surface area contributed by atoms with Crippen LogP contribution < -0.4 is 4.74 Å². The van der Waals surface area contributed by atoms with Gasteiger partial charge in [-0.1, -0.05) is 137 Å². The molecule has 0 spiro atoms. The Morgan fingerprint density at radius 2 is 1.58 bits per heavy atom. The molecule has 0 radical (unpaired) electrons. The molecule has 0 saturated heterocycles. The SMILES string of the molecule is C/C=C\c1cc(OC2CCCC2(C)C)ccc1C(C)=O.C1CC1.CCCC(C)CC.CCCCCC.Cc1ccc(C)c(F)c1. The molecule has 2 unspecified atom stereocenters. The molecule has 0 aromatic heterocycles. The van der Waals surface area contributed by atoms with E-state index in [1.54, 1.807) is 19.9 Å². The Morgan fingerprint density at radius 1 is 0.956 bits per heavy atom. The maximum atomic E-state index is 12.6. The Balaban J connectivity index is 0.000000637. The highest BCUT2D eigenvalue weighted by Crippen LogP contribution is 2.40. The molecule has 256 valence electrons. The summed E-state index contributed by atoms with van der Waals surface area (Å²) in [6, 6.07) is 11.0. The molecule has 2 fully saturated rings. The normalized spacial score (nSPS) is 16.4. The molecule has 4 rings (SSSR count). The molecule has 2 aliphatic carbocycles. The minimum Gasteiger partial charge on any atom is -0.490 e. The van der Waals surface area contributed by atoms with Gasteiger partial charge in [0.1, 0.15) is 17.7 Å². The van der Waals surface area contributed by atoms with E-state index < -0.39 is 0 Å². The molecule has 0 amide bonds. The number of unbranched alkanes of at least 4 members (excludes halogenated alkanes) is 3. The van der Waals surface area contributed by atoms with Gasteiger partial charge in [-0.25, -0.2) is 4.39 Å². The number of carbonyl (C=O) groups is 1. The molecule has 2 atom stereocenters. The fourth-order valence-corrected chi connectivity index (χ4v) is 4.82. The van der Waals surface area contributed by atoms with Crippen molar-refractivity contribution in [3.05, 3.63) is 70.5 Å². The van der Waals surface area contributed by atoms with E-state index >= 15 is 0 Å². The molecular weight excluding hydrogens is 555 g/mol. The Morgan fingerprint density at radius 3 is 1.96 bits per heavy atom. The van der Waals surface area contributed by atoms with Crippen LogP contribution >= 0.6 is 0 Å². The fraction of sp³-hybridized carbons (Fsp3) is 0.643. The Hall–Kier alpha value is -2.42. The number of allylic oxidation sites excluding steroid dienone is 1. The first-order valence-electron chi connectivity index (χ1n) is 18.0. The van der Waals surface area contributed by atoms with Crippen LogP contribution in [0.5, 0.6) is 5.75 Å².